The molecule has 0 amide bonds. The minimum absolute atomic E-state index is 0.791. The van der Waals surface area contributed by atoms with E-state index >= 15 is 0 Å². The molecule has 0 atom stereocenters. The molecular weight excluding hydrogens is 194 g/mol. The highest BCUT2D eigenvalue weighted by Gasteiger charge is 2.19. The van der Waals surface area contributed by atoms with Gasteiger partial charge >= 0.3 is 0 Å². The second-order valence-electron chi connectivity index (χ2n) is 5.31. The lowest BCUT2D eigenvalue weighted by atomic mass is 9.95. The summed E-state index contributed by atoms with van der Waals surface area (Å²) in [6, 6.07) is 3.20. The Morgan fingerprint density at radius 2 is 1.88 bits per heavy atom. The van der Waals surface area contributed by atoms with Crippen molar-refractivity contribution >= 4 is 0 Å². The maximum Gasteiger partial charge on any atom is 0.0335 e. The zero-order valence-electron chi connectivity index (χ0n) is 11.1. The highest BCUT2D eigenvalue weighted by Crippen LogP contribution is 2.32. The standard InChI is InChI=1S/C15H25N/c1-4-8-14-11-12(2)16(13(14)3)15-9-6-5-7-10-15/h11,15H,4-10H2,1-3H3. The van der Waals surface area contributed by atoms with Gasteiger partial charge in [0.1, 0.15) is 0 Å². The molecule has 1 heterocycles. The van der Waals surface area contributed by atoms with Gasteiger partial charge in [0.05, 0.1) is 0 Å². The van der Waals surface area contributed by atoms with Crippen LogP contribution in [-0.2, 0) is 6.42 Å². The van der Waals surface area contributed by atoms with Gasteiger partial charge in [-0.2, -0.15) is 0 Å². The van der Waals surface area contributed by atoms with E-state index in [1.807, 2.05) is 0 Å². The van der Waals surface area contributed by atoms with Gasteiger partial charge in [-0.25, -0.2) is 0 Å². The third-order valence-corrected chi connectivity index (χ3v) is 4.05. The zero-order valence-corrected chi connectivity index (χ0v) is 11.1. The predicted octanol–water partition coefficient (Wildman–Crippen LogP) is 4.56. The lowest BCUT2D eigenvalue weighted by Gasteiger charge is -2.26. The van der Waals surface area contributed by atoms with Gasteiger partial charge in [-0.3, -0.25) is 0 Å². The predicted molar refractivity (Wildman–Crippen MR) is 70.0 cm³/mol. The van der Waals surface area contributed by atoms with Gasteiger partial charge in [-0.05, 0) is 44.7 Å². The first-order valence-corrected chi connectivity index (χ1v) is 6.91. The van der Waals surface area contributed by atoms with E-state index in [2.05, 4.69) is 31.4 Å². The highest BCUT2D eigenvalue weighted by atomic mass is 15.0. The summed E-state index contributed by atoms with van der Waals surface area (Å²) in [5.74, 6) is 0. The van der Waals surface area contributed by atoms with Crippen molar-refractivity contribution in [1.29, 1.82) is 0 Å². The molecule has 1 nitrogen and oxygen atoms in total. The number of nitrogens with zero attached hydrogens (tertiary/aromatic N) is 1. The van der Waals surface area contributed by atoms with Crippen molar-refractivity contribution in [3.05, 3.63) is 23.0 Å². The topological polar surface area (TPSA) is 4.93 Å². The molecule has 1 aromatic heterocycles. The Bertz CT molecular complexity index is 343. The van der Waals surface area contributed by atoms with Gasteiger partial charge in [0, 0.05) is 17.4 Å². The van der Waals surface area contributed by atoms with E-state index in [0.29, 0.717) is 0 Å². The molecule has 1 fully saturated rings. The normalized spacial score (nSPS) is 17.9. The molecule has 0 saturated heterocycles. The Balaban J connectivity index is 2.24. The summed E-state index contributed by atoms with van der Waals surface area (Å²) in [6.07, 6.45) is 9.57. The maximum absolute atomic E-state index is 2.62. The first-order chi connectivity index (χ1) is 7.74. The quantitative estimate of drug-likeness (QED) is 0.702. The number of hydrogen-bond donors (Lipinski definition) is 0. The van der Waals surface area contributed by atoms with Crippen LogP contribution in [0.15, 0.2) is 6.07 Å². The highest BCUT2D eigenvalue weighted by molar-refractivity contribution is 5.27. The van der Waals surface area contributed by atoms with Crippen LogP contribution in [0.4, 0.5) is 0 Å². The van der Waals surface area contributed by atoms with Gasteiger partial charge in [0.15, 0.2) is 0 Å². The molecule has 0 aliphatic heterocycles. The van der Waals surface area contributed by atoms with E-state index < -0.39 is 0 Å². The Morgan fingerprint density at radius 3 is 2.50 bits per heavy atom. The number of aromatic nitrogens is 1. The average Bonchev–Trinajstić information content (AvgIpc) is 2.56. The molecule has 16 heavy (non-hydrogen) atoms. The van der Waals surface area contributed by atoms with E-state index in [1.165, 1.54) is 56.3 Å². The molecule has 2 rings (SSSR count). The first-order valence-electron chi connectivity index (χ1n) is 6.91. The number of rotatable bonds is 3. The van der Waals surface area contributed by atoms with Crippen LogP contribution in [0.1, 0.15) is 68.4 Å². The Labute approximate surface area is 99.9 Å². The summed E-state index contributed by atoms with van der Waals surface area (Å²) in [5.41, 5.74) is 4.59. The van der Waals surface area contributed by atoms with Crippen molar-refractivity contribution in [2.45, 2.75) is 71.8 Å². The van der Waals surface area contributed by atoms with E-state index in [-0.39, 0.29) is 0 Å². The molecule has 90 valence electrons. The van der Waals surface area contributed by atoms with Crippen LogP contribution in [0.5, 0.6) is 0 Å². The summed E-state index contributed by atoms with van der Waals surface area (Å²) in [4.78, 5) is 0. The Kier molecular flexibility index (Phi) is 3.73. The fourth-order valence-electron chi connectivity index (χ4n) is 3.27. The molecule has 0 bridgehead atoms. The monoisotopic (exact) mass is 219 g/mol. The molecular formula is C15H25N. The Morgan fingerprint density at radius 1 is 1.19 bits per heavy atom. The van der Waals surface area contributed by atoms with Crippen LogP contribution >= 0.6 is 0 Å². The Hall–Kier alpha value is -0.720. The van der Waals surface area contributed by atoms with Crippen molar-refractivity contribution in [3.63, 3.8) is 0 Å². The molecule has 1 aromatic rings. The van der Waals surface area contributed by atoms with Crippen LogP contribution in [-0.4, -0.2) is 4.57 Å². The van der Waals surface area contributed by atoms with Crippen LogP contribution in [0.2, 0.25) is 0 Å². The van der Waals surface area contributed by atoms with Gasteiger partial charge in [-0.1, -0.05) is 32.6 Å². The fourth-order valence-corrected chi connectivity index (χ4v) is 3.27. The van der Waals surface area contributed by atoms with E-state index in [4.69, 9.17) is 0 Å². The van der Waals surface area contributed by atoms with Crippen LogP contribution in [0.25, 0.3) is 0 Å². The third-order valence-electron chi connectivity index (χ3n) is 4.05. The van der Waals surface area contributed by atoms with E-state index in [0.717, 1.165) is 6.04 Å². The van der Waals surface area contributed by atoms with Crippen molar-refractivity contribution in [1.82, 2.24) is 4.57 Å². The van der Waals surface area contributed by atoms with Crippen molar-refractivity contribution in [2.24, 2.45) is 0 Å². The van der Waals surface area contributed by atoms with Crippen molar-refractivity contribution in [3.8, 4) is 0 Å². The van der Waals surface area contributed by atoms with Gasteiger partial charge in [0.2, 0.25) is 0 Å². The average molecular weight is 219 g/mol. The number of hydrogen-bond acceptors (Lipinski definition) is 0. The summed E-state index contributed by atoms with van der Waals surface area (Å²) in [6.45, 7) is 6.86. The van der Waals surface area contributed by atoms with E-state index in [9.17, 15) is 0 Å². The summed E-state index contributed by atoms with van der Waals surface area (Å²) in [5, 5.41) is 0. The minimum atomic E-state index is 0.791. The molecule has 1 heteroatoms. The van der Waals surface area contributed by atoms with Crippen LogP contribution < -0.4 is 0 Å². The van der Waals surface area contributed by atoms with Gasteiger partial charge < -0.3 is 4.57 Å². The first kappa shape index (κ1) is 11.8. The summed E-state index contributed by atoms with van der Waals surface area (Å²) in [7, 11) is 0. The van der Waals surface area contributed by atoms with Crippen molar-refractivity contribution < 1.29 is 0 Å². The molecule has 0 spiro atoms. The molecule has 1 aliphatic carbocycles. The smallest absolute Gasteiger partial charge is 0.0335 e. The summed E-state index contributed by atoms with van der Waals surface area (Å²) >= 11 is 0. The maximum atomic E-state index is 2.62. The molecule has 1 aliphatic rings. The lowest BCUT2D eigenvalue weighted by molar-refractivity contribution is 0.345. The molecule has 0 aromatic carbocycles. The fraction of sp³-hybridized carbons (Fsp3) is 0.733. The van der Waals surface area contributed by atoms with E-state index in [1.54, 1.807) is 5.56 Å². The van der Waals surface area contributed by atoms with Crippen LogP contribution in [0, 0.1) is 13.8 Å². The molecule has 1 saturated carbocycles. The molecule has 0 unspecified atom stereocenters. The SMILES string of the molecule is CCCc1cc(C)n(C2CCCCC2)c1C. The lowest BCUT2D eigenvalue weighted by Crippen LogP contribution is -2.15. The number of aryl methyl sites for hydroxylation is 2. The largest absolute Gasteiger partial charge is 0.346 e. The minimum Gasteiger partial charge on any atom is -0.346 e. The molecule has 0 radical (unpaired) electrons. The summed E-state index contributed by atoms with van der Waals surface area (Å²) < 4.78 is 2.62. The molecule has 0 N–H and O–H groups in total. The van der Waals surface area contributed by atoms with Gasteiger partial charge in [0.25, 0.3) is 0 Å². The second-order valence-corrected chi connectivity index (χ2v) is 5.31. The third kappa shape index (κ3) is 2.18. The second kappa shape index (κ2) is 5.07. The van der Waals surface area contributed by atoms with Crippen molar-refractivity contribution in [2.75, 3.05) is 0 Å². The van der Waals surface area contributed by atoms with Crippen LogP contribution in [0.3, 0.4) is 0 Å². The zero-order chi connectivity index (χ0) is 11.5. The van der Waals surface area contributed by atoms with Gasteiger partial charge in [-0.15, -0.1) is 0 Å².